The molecule has 8 aromatic carbocycles. The fraction of sp³-hybridized carbons (Fsp3) is 0.0938. The molecule has 0 saturated heterocycles. The molecular weight excluding hydrogens is 841 g/mol. The minimum absolute atomic E-state index is 0.393. The summed E-state index contributed by atoms with van der Waals surface area (Å²) in [6.07, 6.45) is 3.91. The first-order chi connectivity index (χ1) is 33.8. The number of benzene rings is 8. The molecule has 3 heterocycles. The molecule has 0 N–H and O–H groups in total. The van der Waals surface area contributed by atoms with Gasteiger partial charge in [-0.25, -0.2) is 9.97 Å². The van der Waals surface area contributed by atoms with Crippen molar-refractivity contribution in [1.82, 2.24) is 9.97 Å². The van der Waals surface area contributed by atoms with E-state index >= 15 is 0 Å². The zero-order valence-corrected chi connectivity index (χ0v) is 39.0. The highest BCUT2D eigenvalue weighted by molar-refractivity contribution is 6.20. The lowest BCUT2D eigenvalue weighted by Gasteiger charge is -2.36. The van der Waals surface area contributed by atoms with E-state index in [2.05, 4.69) is 244 Å². The molecule has 0 bridgehead atoms. The van der Waals surface area contributed by atoms with Gasteiger partial charge >= 0.3 is 0 Å². The number of rotatable bonds is 8. The molecule has 0 amide bonds. The standard InChI is InChI=1S/C64H48N4O/c1-41-32-36-55(65-39-41)67(45-24-13-7-14-25-45)52-31-19-29-48-57-54(69-62(48)52)35-34-50-59(57)60-51(64(50,43-20-9-5-10-21-43)44-22-11-6-12-23-44)38-53(61-58(60)47-28-17-18-30-49(47)63(61,3)4)68(46-26-15-8-16-27-46)56-37-33-42(2)40-66-56/h5-40H,1-4H3. The molecule has 0 saturated carbocycles. The van der Waals surface area contributed by atoms with Gasteiger partial charge in [-0.1, -0.05) is 166 Å². The van der Waals surface area contributed by atoms with Gasteiger partial charge < -0.3 is 4.42 Å². The Morgan fingerprint density at radius 3 is 1.58 bits per heavy atom. The smallest absolute Gasteiger partial charge is 0.159 e. The molecule has 0 radical (unpaired) electrons. The Labute approximate surface area is 402 Å². The average molecular weight is 889 g/mol. The summed E-state index contributed by atoms with van der Waals surface area (Å²) in [5.41, 5.74) is 19.1. The first kappa shape index (κ1) is 40.7. The maximum atomic E-state index is 7.28. The van der Waals surface area contributed by atoms with Crippen LogP contribution in [0.25, 0.3) is 44.2 Å². The van der Waals surface area contributed by atoms with E-state index in [1.54, 1.807) is 0 Å². The van der Waals surface area contributed by atoms with Crippen molar-refractivity contribution in [1.29, 1.82) is 0 Å². The normalized spacial score (nSPS) is 13.7. The van der Waals surface area contributed by atoms with Crippen LogP contribution in [0.4, 0.5) is 34.4 Å². The zero-order chi connectivity index (χ0) is 46.4. The first-order valence-corrected chi connectivity index (χ1v) is 23.8. The Kier molecular flexibility index (Phi) is 9.15. The number of pyridine rings is 2. The van der Waals surface area contributed by atoms with E-state index in [1.807, 2.05) is 12.4 Å². The van der Waals surface area contributed by atoms with Crippen molar-refractivity contribution >= 4 is 56.3 Å². The van der Waals surface area contributed by atoms with Crippen LogP contribution in [0.15, 0.2) is 223 Å². The van der Waals surface area contributed by atoms with Crippen molar-refractivity contribution in [2.75, 3.05) is 9.80 Å². The van der Waals surface area contributed by atoms with E-state index in [4.69, 9.17) is 14.4 Å². The fourth-order valence-corrected chi connectivity index (χ4v) is 11.7. The van der Waals surface area contributed by atoms with E-state index in [0.29, 0.717) is 0 Å². The number of para-hydroxylation sites is 3. The zero-order valence-electron chi connectivity index (χ0n) is 39.0. The molecule has 0 spiro atoms. The van der Waals surface area contributed by atoms with Gasteiger partial charge in [0.2, 0.25) is 0 Å². The molecule has 2 aliphatic carbocycles. The van der Waals surface area contributed by atoms with Crippen LogP contribution >= 0.6 is 0 Å². The first-order valence-electron chi connectivity index (χ1n) is 23.8. The van der Waals surface area contributed by atoms with Crippen molar-refractivity contribution in [2.24, 2.45) is 0 Å². The predicted molar refractivity (Wildman–Crippen MR) is 283 cm³/mol. The Balaban J connectivity index is 1.22. The molecule has 0 unspecified atom stereocenters. The van der Waals surface area contributed by atoms with Crippen molar-refractivity contribution in [3.05, 3.63) is 263 Å². The maximum Gasteiger partial charge on any atom is 0.159 e. The Hall–Kier alpha value is -8.54. The van der Waals surface area contributed by atoms with Gasteiger partial charge in [0, 0.05) is 40.0 Å². The molecule has 2 aliphatic rings. The van der Waals surface area contributed by atoms with Crippen molar-refractivity contribution in [3.8, 4) is 22.3 Å². The lowest BCUT2D eigenvalue weighted by atomic mass is 9.67. The highest BCUT2D eigenvalue weighted by atomic mass is 16.3. The monoisotopic (exact) mass is 888 g/mol. The van der Waals surface area contributed by atoms with Crippen LogP contribution in [0.3, 0.4) is 0 Å². The summed E-state index contributed by atoms with van der Waals surface area (Å²) in [6.45, 7) is 8.97. The van der Waals surface area contributed by atoms with E-state index in [1.165, 1.54) is 55.6 Å². The molecule has 0 atom stereocenters. The van der Waals surface area contributed by atoms with Crippen LogP contribution in [0, 0.1) is 13.8 Å². The second-order valence-electron chi connectivity index (χ2n) is 19.1. The third kappa shape index (κ3) is 5.96. The molecule has 0 aliphatic heterocycles. The maximum absolute atomic E-state index is 7.28. The van der Waals surface area contributed by atoms with Crippen molar-refractivity contribution in [3.63, 3.8) is 0 Å². The molecule has 69 heavy (non-hydrogen) atoms. The van der Waals surface area contributed by atoms with Gasteiger partial charge in [-0.15, -0.1) is 0 Å². The van der Waals surface area contributed by atoms with E-state index in [0.717, 1.165) is 67.5 Å². The van der Waals surface area contributed by atoms with Crippen LogP contribution in [0.2, 0.25) is 0 Å². The highest BCUT2D eigenvalue weighted by Crippen LogP contribution is 2.67. The Morgan fingerprint density at radius 1 is 0.449 bits per heavy atom. The predicted octanol–water partition coefficient (Wildman–Crippen LogP) is 16.6. The molecule has 3 aromatic heterocycles. The second kappa shape index (κ2) is 15.5. The largest absolute Gasteiger partial charge is 0.454 e. The molecule has 5 nitrogen and oxygen atoms in total. The molecule has 5 heteroatoms. The van der Waals surface area contributed by atoms with Gasteiger partial charge in [0.25, 0.3) is 0 Å². The summed E-state index contributed by atoms with van der Waals surface area (Å²) in [5.74, 6) is 1.68. The molecule has 330 valence electrons. The molecule has 0 fully saturated rings. The van der Waals surface area contributed by atoms with E-state index < -0.39 is 10.8 Å². The van der Waals surface area contributed by atoms with Gasteiger partial charge in [0.05, 0.1) is 16.8 Å². The summed E-state index contributed by atoms with van der Waals surface area (Å²) in [7, 11) is 0. The van der Waals surface area contributed by atoms with Crippen LogP contribution in [0.1, 0.15) is 58.4 Å². The number of nitrogens with zero attached hydrogens (tertiary/aromatic N) is 4. The summed E-state index contributed by atoms with van der Waals surface area (Å²) in [4.78, 5) is 14.8. The third-order valence-electron chi connectivity index (χ3n) is 14.7. The summed E-state index contributed by atoms with van der Waals surface area (Å²) >= 11 is 0. The van der Waals surface area contributed by atoms with Crippen LogP contribution in [-0.4, -0.2) is 9.97 Å². The number of fused-ring (bicyclic) bond motifs is 11. The summed E-state index contributed by atoms with van der Waals surface area (Å²) in [5, 5.41) is 2.15. The fourth-order valence-electron chi connectivity index (χ4n) is 11.7. The average Bonchev–Trinajstić information content (AvgIpc) is 4.00. The van der Waals surface area contributed by atoms with Gasteiger partial charge in [-0.3, -0.25) is 9.80 Å². The van der Waals surface area contributed by atoms with E-state index in [9.17, 15) is 0 Å². The van der Waals surface area contributed by atoms with Gasteiger partial charge in [-0.2, -0.15) is 0 Å². The number of aromatic nitrogens is 2. The van der Waals surface area contributed by atoms with Crippen molar-refractivity contribution < 1.29 is 4.42 Å². The summed E-state index contributed by atoms with van der Waals surface area (Å²) in [6, 6.07) is 74.8. The van der Waals surface area contributed by atoms with Crippen molar-refractivity contribution in [2.45, 2.75) is 38.5 Å². The van der Waals surface area contributed by atoms with Gasteiger partial charge in [0.1, 0.15) is 17.2 Å². The molecule has 11 aromatic rings. The van der Waals surface area contributed by atoms with E-state index in [-0.39, 0.29) is 0 Å². The van der Waals surface area contributed by atoms with Gasteiger partial charge in [-0.05, 0) is 135 Å². The summed E-state index contributed by atoms with van der Waals surface area (Å²) < 4.78 is 7.28. The Morgan fingerprint density at radius 2 is 1.00 bits per heavy atom. The molecule has 13 rings (SSSR count). The quantitative estimate of drug-likeness (QED) is 0.152. The number of furan rings is 1. The van der Waals surface area contributed by atoms with Crippen LogP contribution < -0.4 is 9.80 Å². The van der Waals surface area contributed by atoms with Crippen LogP contribution in [0.5, 0.6) is 0 Å². The minimum Gasteiger partial charge on any atom is -0.454 e. The number of hydrogen-bond donors (Lipinski definition) is 0. The number of aryl methyl sites for hydroxylation is 2. The van der Waals surface area contributed by atoms with Crippen LogP contribution in [-0.2, 0) is 10.8 Å². The SMILES string of the molecule is Cc1ccc(N(c2ccccc2)c2cc3c(c4c2C(C)(C)c2ccccc2-4)-c2c(ccc4oc5c(N(c6ccccc6)c6ccc(C)cn6)cccc5c24)C3(c2ccccc2)c2ccccc2)nc1. The number of anilines is 6. The number of hydrogen-bond acceptors (Lipinski definition) is 5. The highest BCUT2D eigenvalue weighted by Gasteiger charge is 2.52. The lowest BCUT2D eigenvalue weighted by molar-refractivity contribution is 0.660. The topological polar surface area (TPSA) is 45.4 Å². The molecular formula is C64H48N4O. The minimum atomic E-state index is -0.737. The second-order valence-corrected chi connectivity index (χ2v) is 19.1. The third-order valence-corrected chi connectivity index (χ3v) is 14.7. The Bertz CT molecular complexity index is 3710. The van der Waals surface area contributed by atoms with Gasteiger partial charge in [0.15, 0.2) is 5.58 Å². The lowest BCUT2D eigenvalue weighted by Crippen LogP contribution is -2.29.